The van der Waals surface area contributed by atoms with Gasteiger partial charge in [0.1, 0.15) is 6.04 Å². The average molecular weight is 308 g/mol. The Labute approximate surface area is 119 Å². The topological polar surface area (TPSA) is 66.4 Å². The van der Waals surface area contributed by atoms with Crippen molar-refractivity contribution in [3.63, 3.8) is 0 Å². The molecule has 1 aromatic rings. The molecule has 1 rings (SSSR count). The summed E-state index contributed by atoms with van der Waals surface area (Å²) in [4.78, 5) is 22.5. The molecule has 0 bridgehead atoms. The summed E-state index contributed by atoms with van der Waals surface area (Å²) in [6, 6.07) is 3.99. The summed E-state index contributed by atoms with van der Waals surface area (Å²) in [5, 5.41) is 12.3. The fraction of sp³-hybridized carbons (Fsp3) is 0.273. The predicted octanol–water partition coefficient (Wildman–Crippen LogP) is 2.67. The lowest BCUT2D eigenvalue weighted by Crippen LogP contribution is -2.41. The Balaban J connectivity index is 2.69. The van der Waals surface area contributed by atoms with Gasteiger partial charge in [0.15, 0.2) is 0 Å². The molecular weight excluding hydrogens is 297 g/mol. The van der Waals surface area contributed by atoms with E-state index in [1.165, 1.54) is 18.7 Å². The molecule has 0 saturated carbocycles. The van der Waals surface area contributed by atoms with Crippen LogP contribution in [0.4, 0.5) is 0 Å². The van der Waals surface area contributed by atoms with E-state index in [1.807, 2.05) is 0 Å². The van der Waals surface area contributed by atoms with Crippen LogP contribution in [-0.4, -0.2) is 28.8 Å². The summed E-state index contributed by atoms with van der Waals surface area (Å²) in [6.07, 6.45) is 0. The van der Waals surface area contributed by atoms with Crippen LogP contribution in [0, 0.1) is 0 Å². The molecule has 7 heteroatoms. The number of nitrogens with one attached hydrogen (secondary N) is 1. The second-order valence-electron chi connectivity index (χ2n) is 3.48. The van der Waals surface area contributed by atoms with Crippen LogP contribution in [0.15, 0.2) is 23.1 Å². The molecule has 18 heavy (non-hydrogen) atoms. The molecule has 2 N–H and O–H groups in total. The van der Waals surface area contributed by atoms with Crippen molar-refractivity contribution in [2.24, 2.45) is 0 Å². The molecule has 0 aliphatic carbocycles. The van der Waals surface area contributed by atoms with Crippen LogP contribution >= 0.6 is 35.0 Å². The molecule has 0 aliphatic rings. The zero-order chi connectivity index (χ0) is 13.7. The van der Waals surface area contributed by atoms with Crippen molar-refractivity contribution >= 4 is 46.8 Å². The Kier molecular flexibility index (Phi) is 5.78. The number of hydrogen-bond acceptors (Lipinski definition) is 3. The molecule has 0 spiro atoms. The smallest absolute Gasteiger partial charge is 0.327 e. The van der Waals surface area contributed by atoms with Gasteiger partial charge in [-0.1, -0.05) is 23.2 Å². The molecule has 0 saturated heterocycles. The Morgan fingerprint density at radius 1 is 1.44 bits per heavy atom. The molecule has 1 aromatic carbocycles. The number of carbonyl (C=O) groups excluding carboxylic acids is 1. The molecule has 0 unspecified atom stereocenters. The number of amides is 1. The minimum atomic E-state index is -1.09. The third-order valence-electron chi connectivity index (χ3n) is 1.97. The van der Waals surface area contributed by atoms with Crippen molar-refractivity contribution in [1.29, 1.82) is 0 Å². The summed E-state index contributed by atoms with van der Waals surface area (Å²) in [5.41, 5.74) is 0. The summed E-state index contributed by atoms with van der Waals surface area (Å²) in [6.45, 7) is 1.27. The maximum absolute atomic E-state index is 10.9. The van der Waals surface area contributed by atoms with Gasteiger partial charge in [0.2, 0.25) is 5.91 Å². The van der Waals surface area contributed by atoms with Crippen molar-refractivity contribution in [1.82, 2.24) is 5.32 Å². The molecule has 0 aromatic heterocycles. The number of rotatable bonds is 5. The van der Waals surface area contributed by atoms with E-state index in [0.717, 1.165) is 0 Å². The SMILES string of the molecule is CC(=O)N[C@@H](CSc1cc(Cl)ccc1Cl)C(=O)O. The third-order valence-corrected chi connectivity index (χ3v) is 3.80. The van der Waals surface area contributed by atoms with Gasteiger partial charge in [-0.3, -0.25) is 4.79 Å². The van der Waals surface area contributed by atoms with Gasteiger partial charge >= 0.3 is 5.97 Å². The number of carbonyl (C=O) groups is 2. The van der Waals surface area contributed by atoms with Crippen molar-refractivity contribution in [3.8, 4) is 0 Å². The second kappa shape index (κ2) is 6.87. The molecule has 0 aliphatic heterocycles. The van der Waals surface area contributed by atoms with Crippen LogP contribution in [0.25, 0.3) is 0 Å². The normalized spacial score (nSPS) is 11.9. The fourth-order valence-electron chi connectivity index (χ4n) is 1.18. The molecule has 0 radical (unpaired) electrons. The average Bonchev–Trinajstić information content (AvgIpc) is 2.27. The first kappa shape index (κ1) is 15.1. The Hall–Kier alpha value is -0.910. The fourth-order valence-corrected chi connectivity index (χ4v) is 2.69. The van der Waals surface area contributed by atoms with Gasteiger partial charge in [-0.05, 0) is 18.2 Å². The van der Waals surface area contributed by atoms with Crippen LogP contribution in [0.3, 0.4) is 0 Å². The van der Waals surface area contributed by atoms with Crippen LogP contribution in [-0.2, 0) is 9.59 Å². The lowest BCUT2D eigenvalue weighted by atomic mass is 10.3. The van der Waals surface area contributed by atoms with Crippen LogP contribution in [0.2, 0.25) is 10.0 Å². The van der Waals surface area contributed by atoms with Crippen molar-refractivity contribution in [2.75, 3.05) is 5.75 Å². The maximum atomic E-state index is 10.9. The summed E-state index contributed by atoms with van der Waals surface area (Å²) in [7, 11) is 0. The minimum absolute atomic E-state index is 0.176. The standard InChI is InChI=1S/C11H11Cl2NO3S/c1-6(15)14-9(11(16)17)5-18-10-4-7(12)2-3-8(10)13/h2-4,9H,5H2,1H3,(H,14,15)(H,16,17)/t9-/m0/s1. The van der Waals surface area contributed by atoms with E-state index < -0.39 is 12.0 Å². The molecule has 4 nitrogen and oxygen atoms in total. The quantitative estimate of drug-likeness (QED) is 0.821. The van der Waals surface area contributed by atoms with E-state index in [4.69, 9.17) is 28.3 Å². The Morgan fingerprint density at radius 3 is 2.67 bits per heavy atom. The number of carboxylic acids is 1. The van der Waals surface area contributed by atoms with E-state index in [2.05, 4.69) is 5.32 Å². The zero-order valence-corrected chi connectivity index (χ0v) is 11.8. The highest BCUT2D eigenvalue weighted by Gasteiger charge is 2.19. The summed E-state index contributed by atoms with van der Waals surface area (Å²) in [5.74, 6) is -1.30. The maximum Gasteiger partial charge on any atom is 0.327 e. The van der Waals surface area contributed by atoms with Crippen LogP contribution in [0.5, 0.6) is 0 Å². The largest absolute Gasteiger partial charge is 0.480 e. The van der Waals surface area contributed by atoms with Crippen molar-refractivity contribution < 1.29 is 14.7 Å². The van der Waals surface area contributed by atoms with Crippen molar-refractivity contribution in [3.05, 3.63) is 28.2 Å². The van der Waals surface area contributed by atoms with E-state index in [-0.39, 0.29) is 11.7 Å². The van der Waals surface area contributed by atoms with E-state index in [1.54, 1.807) is 18.2 Å². The van der Waals surface area contributed by atoms with E-state index in [0.29, 0.717) is 14.9 Å². The van der Waals surface area contributed by atoms with Gasteiger partial charge in [0.25, 0.3) is 0 Å². The van der Waals surface area contributed by atoms with E-state index >= 15 is 0 Å². The Morgan fingerprint density at radius 2 is 2.11 bits per heavy atom. The minimum Gasteiger partial charge on any atom is -0.480 e. The number of halogens is 2. The number of hydrogen-bond donors (Lipinski definition) is 2. The first-order chi connectivity index (χ1) is 8.40. The summed E-state index contributed by atoms with van der Waals surface area (Å²) < 4.78 is 0. The zero-order valence-electron chi connectivity index (χ0n) is 9.44. The molecular formula is C11H11Cl2NO3S. The van der Waals surface area contributed by atoms with Gasteiger partial charge < -0.3 is 10.4 Å². The molecule has 1 atom stereocenters. The van der Waals surface area contributed by atoms with Gasteiger partial charge in [-0.2, -0.15) is 0 Å². The Bertz CT molecular complexity index is 468. The first-order valence-corrected chi connectivity index (χ1v) is 6.72. The van der Waals surface area contributed by atoms with Gasteiger partial charge in [-0.25, -0.2) is 4.79 Å². The highest BCUT2D eigenvalue weighted by atomic mass is 35.5. The second-order valence-corrected chi connectivity index (χ2v) is 5.38. The van der Waals surface area contributed by atoms with Crippen LogP contribution < -0.4 is 5.32 Å². The van der Waals surface area contributed by atoms with Crippen LogP contribution in [0.1, 0.15) is 6.92 Å². The highest BCUT2D eigenvalue weighted by Crippen LogP contribution is 2.30. The van der Waals surface area contributed by atoms with Crippen molar-refractivity contribution in [2.45, 2.75) is 17.9 Å². The molecule has 0 heterocycles. The number of benzene rings is 1. The van der Waals surface area contributed by atoms with E-state index in [9.17, 15) is 9.59 Å². The van der Waals surface area contributed by atoms with Gasteiger partial charge in [0.05, 0.1) is 5.02 Å². The van der Waals surface area contributed by atoms with Gasteiger partial charge in [-0.15, -0.1) is 11.8 Å². The number of carboxylic acid groups (broad SMARTS) is 1. The van der Waals surface area contributed by atoms with Gasteiger partial charge in [0, 0.05) is 22.6 Å². The number of thioether (sulfide) groups is 1. The third kappa shape index (κ3) is 4.76. The summed E-state index contributed by atoms with van der Waals surface area (Å²) >= 11 is 13.0. The highest BCUT2D eigenvalue weighted by molar-refractivity contribution is 7.99. The lowest BCUT2D eigenvalue weighted by Gasteiger charge is -2.13. The predicted molar refractivity (Wildman–Crippen MR) is 72.4 cm³/mol. The first-order valence-electron chi connectivity index (χ1n) is 4.98. The lowest BCUT2D eigenvalue weighted by molar-refractivity contribution is -0.140. The molecule has 98 valence electrons. The number of aliphatic carboxylic acids is 1. The molecule has 1 amide bonds. The monoisotopic (exact) mass is 307 g/mol. The molecule has 0 fully saturated rings.